The maximum Gasteiger partial charge on any atom is 0.262 e. The molecule has 0 bridgehead atoms. The number of aryl methyl sites for hydroxylation is 1. The number of anilines is 2. The summed E-state index contributed by atoms with van der Waals surface area (Å²) >= 11 is 3.38. The minimum absolute atomic E-state index is 0.0221. The number of amides is 2. The van der Waals surface area contributed by atoms with Gasteiger partial charge in [0.15, 0.2) is 16.4 Å². The number of fused-ring (bicyclic) bond motifs is 1. The van der Waals surface area contributed by atoms with Crippen molar-refractivity contribution in [3.63, 3.8) is 0 Å². The third-order valence-corrected chi connectivity index (χ3v) is 7.11. The first-order valence-corrected chi connectivity index (χ1v) is 10.9. The zero-order valence-corrected chi connectivity index (χ0v) is 17.7. The normalized spacial score (nSPS) is 14.5. The van der Waals surface area contributed by atoms with Crippen LogP contribution in [-0.2, 0) is 19.4 Å². The van der Waals surface area contributed by atoms with Gasteiger partial charge in [-0.2, -0.15) is 0 Å². The lowest BCUT2D eigenvalue weighted by atomic mass is 10.2. The minimum atomic E-state index is -3.77. The Morgan fingerprint density at radius 2 is 2.04 bits per heavy atom. The molecule has 0 unspecified atom stereocenters. The van der Waals surface area contributed by atoms with Gasteiger partial charge in [-0.1, -0.05) is 6.07 Å². The monoisotopic (exact) mass is 466 g/mol. The summed E-state index contributed by atoms with van der Waals surface area (Å²) in [4.78, 5) is 23.8. The number of sulfone groups is 1. The highest BCUT2D eigenvalue weighted by Gasteiger charge is 2.28. The Bertz CT molecular complexity index is 1050. The molecule has 2 amide bonds. The highest BCUT2D eigenvalue weighted by Crippen LogP contribution is 2.32. The van der Waals surface area contributed by atoms with Gasteiger partial charge in [-0.25, -0.2) is 8.42 Å². The molecule has 0 spiro atoms. The smallest absolute Gasteiger partial charge is 0.262 e. The summed E-state index contributed by atoms with van der Waals surface area (Å²) in [6, 6.07) is 9.73. The molecule has 1 aliphatic heterocycles. The topological polar surface area (TPSA) is 102 Å². The van der Waals surface area contributed by atoms with E-state index in [0.29, 0.717) is 17.1 Å². The molecule has 2 aromatic rings. The Balaban J connectivity index is 1.74. The summed E-state index contributed by atoms with van der Waals surface area (Å²) in [5.74, 6) is -0.346. The molecule has 0 saturated carbocycles. The predicted molar refractivity (Wildman–Crippen MR) is 109 cm³/mol. The van der Waals surface area contributed by atoms with Crippen LogP contribution in [0.25, 0.3) is 0 Å². The van der Waals surface area contributed by atoms with Crippen molar-refractivity contribution >= 4 is 49.0 Å². The maximum absolute atomic E-state index is 12.9. The molecule has 0 radical (unpaired) electrons. The van der Waals surface area contributed by atoms with Gasteiger partial charge in [-0.15, -0.1) is 0 Å². The Kier molecular flexibility index (Phi) is 5.76. The lowest BCUT2D eigenvalue weighted by Crippen LogP contribution is -2.27. The number of hydrogen-bond donors (Lipinski definition) is 2. The first-order chi connectivity index (χ1) is 13.2. The molecular weight excluding hydrogens is 448 g/mol. The van der Waals surface area contributed by atoms with Crippen LogP contribution in [0, 0.1) is 6.92 Å². The van der Waals surface area contributed by atoms with Gasteiger partial charge in [-0.05, 0) is 65.7 Å². The first-order valence-electron chi connectivity index (χ1n) is 8.53. The molecule has 0 aliphatic carbocycles. The molecule has 0 fully saturated rings. The van der Waals surface area contributed by atoms with Gasteiger partial charge in [0.1, 0.15) is 5.75 Å². The van der Waals surface area contributed by atoms with E-state index in [0.717, 1.165) is 10.0 Å². The van der Waals surface area contributed by atoms with E-state index in [1.54, 1.807) is 6.07 Å². The zero-order valence-electron chi connectivity index (χ0n) is 15.3. The van der Waals surface area contributed by atoms with Crippen LogP contribution in [0.15, 0.2) is 45.8 Å². The van der Waals surface area contributed by atoms with Crippen LogP contribution >= 0.6 is 15.9 Å². The summed E-state index contributed by atoms with van der Waals surface area (Å²) in [5.41, 5.74) is 1.91. The third-order valence-electron chi connectivity index (χ3n) is 4.31. The molecule has 7 nitrogen and oxygen atoms in total. The number of halogens is 1. The van der Waals surface area contributed by atoms with Crippen molar-refractivity contribution in [3.05, 3.63) is 46.4 Å². The minimum Gasteiger partial charge on any atom is -0.482 e. The molecule has 148 valence electrons. The Morgan fingerprint density at radius 3 is 2.75 bits per heavy atom. The predicted octanol–water partition coefficient (Wildman–Crippen LogP) is 3.28. The molecule has 9 heteroatoms. The second kappa shape index (κ2) is 7.92. The maximum atomic E-state index is 12.9. The van der Waals surface area contributed by atoms with E-state index in [9.17, 15) is 18.0 Å². The van der Waals surface area contributed by atoms with Crippen LogP contribution in [0.1, 0.15) is 18.9 Å². The number of carbonyl (C=O) groups is 2. The molecule has 1 heterocycles. The van der Waals surface area contributed by atoms with Crippen molar-refractivity contribution in [2.24, 2.45) is 0 Å². The highest BCUT2D eigenvalue weighted by atomic mass is 79.9. The van der Waals surface area contributed by atoms with Crippen molar-refractivity contribution in [2.45, 2.75) is 30.4 Å². The summed E-state index contributed by atoms with van der Waals surface area (Å²) in [6.07, 6.45) is -0.206. The number of nitrogens with one attached hydrogen (secondary N) is 2. The second-order valence-corrected chi connectivity index (χ2v) is 9.81. The van der Waals surface area contributed by atoms with Gasteiger partial charge in [0, 0.05) is 10.9 Å². The van der Waals surface area contributed by atoms with E-state index in [1.807, 2.05) is 19.1 Å². The fourth-order valence-electron chi connectivity index (χ4n) is 2.77. The summed E-state index contributed by atoms with van der Waals surface area (Å²) in [5, 5.41) is 4.35. The highest BCUT2D eigenvalue weighted by molar-refractivity contribution is 9.10. The molecule has 1 aliphatic rings. The van der Waals surface area contributed by atoms with E-state index in [-0.39, 0.29) is 23.8 Å². The van der Waals surface area contributed by atoms with Gasteiger partial charge in [0.2, 0.25) is 5.91 Å². The van der Waals surface area contributed by atoms with Crippen LogP contribution in [0.3, 0.4) is 0 Å². The largest absolute Gasteiger partial charge is 0.482 e. The van der Waals surface area contributed by atoms with Gasteiger partial charge >= 0.3 is 0 Å². The van der Waals surface area contributed by atoms with E-state index in [2.05, 4.69) is 26.6 Å². The summed E-state index contributed by atoms with van der Waals surface area (Å²) in [6.45, 7) is 3.30. The van der Waals surface area contributed by atoms with E-state index < -0.39 is 21.0 Å². The lowest BCUT2D eigenvalue weighted by molar-refractivity contribution is -0.118. The Morgan fingerprint density at radius 1 is 1.29 bits per heavy atom. The van der Waals surface area contributed by atoms with Gasteiger partial charge < -0.3 is 15.4 Å². The van der Waals surface area contributed by atoms with E-state index in [4.69, 9.17) is 4.74 Å². The van der Waals surface area contributed by atoms with Crippen molar-refractivity contribution in [2.75, 3.05) is 17.2 Å². The molecule has 2 N–H and O–H groups in total. The van der Waals surface area contributed by atoms with Crippen LogP contribution in [0.2, 0.25) is 0 Å². The molecular formula is C19H19BrN2O5S. The number of carbonyl (C=O) groups excluding carboxylic acids is 2. The van der Waals surface area contributed by atoms with Crippen molar-refractivity contribution in [1.29, 1.82) is 0 Å². The second-order valence-electron chi connectivity index (χ2n) is 6.59. The fourth-order valence-corrected chi connectivity index (χ4v) is 4.73. The summed E-state index contributed by atoms with van der Waals surface area (Å²) in [7, 11) is -3.77. The van der Waals surface area contributed by atoms with Crippen molar-refractivity contribution < 1.29 is 22.7 Å². The quantitative estimate of drug-likeness (QED) is 0.703. The van der Waals surface area contributed by atoms with Crippen molar-refractivity contribution in [1.82, 2.24) is 0 Å². The van der Waals surface area contributed by atoms with Gasteiger partial charge in [0.05, 0.1) is 21.5 Å². The average molecular weight is 467 g/mol. The van der Waals surface area contributed by atoms with E-state index >= 15 is 0 Å². The number of hydrogen-bond acceptors (Lipinski definition) is 5. The van der Waals surface area contributed by atoms with Gasteiger partial charge in [-0.3, -0.25) is 9.59 Å². The fraction of sp³-hybridized carbons (Fsp3) is 0.263. The number of ether oxygens (including phenoxy) is 1. The van der Waals surface area contributed by atoms with Gasteiger partial charge in [0.25, 0.3) is 5.91 Å². The molecule has 28 heavy (non-hydrogen) atoms. The number of rotatable bonds is 5. The number of benzene rings is 2. The average Bonchev–Trinajstić information content (AvgIpc) is 2.63. The molecule has 1 atom stereocenters. The standard InChI is InChI=1S/C19H19BrN2O5S/c1-11-3-5-15(14(20)7-11)21-18(23)8-12(2)28(25,26)13-4-6-17-16(9-13)22-19(24)10-27-17/h3-7,9,12H,8,10H2,1-2H3,(H,21,23)(H,22,24)/t12-/m1/s1. The molecule has 2 aromatic carbocycles. The van der Waals surface area contributed by atoms with Crippen LogP contribution in [0.4, 0.5) is 11.4 Å². The molecule has 0 saturated heterocycles. The molecule has 3 rings (SSSR count). The Hall–Kier alpha value is -2.39. The van der Waals surface area contributed by atoms with E-state index in [1.165, 1.54) is 25.1 Å². The Labute approximate surface area is 171 Å². The summed E-state index contributed by atoms with van der Waals surface area (Å²) < 4.78 is 31.7. The van der Waals surface area contributed by atoms with Crippen LogP contribution < -0.4 is 15.4 Å². The zero-order chi connectivity index (χ0) is 20.5. The first kappa shape index (κ1) is 20.3. The van der Waals surface area contributed by atoms with Crippen LogP contribution in [0.5, 0.6) is 5.75 Å². The SMILES string of the molecule is Cc1ccc(NC(=O)C[C@@H](C)S(=O)(=O)c2ccc3c(c2)NC(=O)CO3)c(Br)c1. The molecule has 0 aromatic heterocycles. The lowest BCUT2D eigenvalue weighted by Gasteiger charge is -2.19. The van der Waals surface area contributed by atoms with Crippen molar-refractivity contribution in [3.8, 4) is 5.75 Å². The third kappa shape index (κ3) is 4.36. The van der Waals surface area contributed by atoms with Crippen LogP contribution in [-0.4, -0.2) is 32.1 Å².